The number of fused-ring (bicyclic) bond motifs is 1. The Morgan fingerprint density at radius 1 is 1.17 bits per heavy atom. The number of hydrogen-bond donors (Lipinski definition) is 1. The van der Waals surface area contributed by atoms with E-state index in [-0.39, 0.29) is 11.4 Å². The maximum Gasteiger partial charge on any atom is 0.240 e. The molecule has 0 radical (unpaired) electrons. The van der Waals surface area contributed by atoms with Gasteiger partial charge in [0.25, 0.3) is 0 Å². The van der Waals surface area contributed by atoms with Crippen LogP contribution in [0.1, 0.15) is 31.2 Å². The molecule has 0 atom stereocenters. The van der Waals surface area contributed by atoms with Crippen LogP contribution in [0.25, 0.3) is 0 Å². The Kier molecular flexibility index (Phi) is 3.08. The quantitative estimate of drug-likeness (QED) is 0.881. The third-order valence-corrected chi connectivity index (χ3v) is 4.36. The molecule has 2 heterocycles. The number of benzene rings is 1. The zero-order valence-electron chi connectivity index (χ0n) is 10.7. The van der Waals surface area contributed by atoms with Crippen molar-refractivity contribution < 1.29 is 4.79 Å². The molecule has 96 valence electrons. The summed E-state index contributed by atoms with van der Waals surface area (Å²) >= 11 is 0. The lowest BCUT2D eigenvalue weighted by Gasteiger charge is -2.30. The van der Waals surface area contributed by atoms with Crippen molar-refractivity contribution >= 4 is 5.91 Å². The van der Waals surface area contributed by atoms with Crippen molar-refractivity contribution in [2.45, 2.75) is 37.8 Å². The lowest BCUT2D eigenvalue weighted by atomic mass is 9.93. The fourth-order valence-corrected chi connectivity index (χ4v) is 3.42. The third kappa shape index (κ3) is 1.93. The van der Waals surface area contributed by atoms with Crippen LogP contribution in [0, 0.1) is 0 Å². The van der Waals surface area contributed by atoms with Crippen LogP contribution in [0.4, 0.5) is 0 Å². The van der Waals surface area contributed by atoms with Crippen molar-refractivity contribution in [3.05, 3.63) is 35.9 Å². The highest BCUT2D eigenvalue weighted by Gasteiger charge is 2.49. The lowest BCUT2D eigenvalue weighted by Crippen LogP contribution is -2.51. The summed E-state index contributed by atoms with van der Waals surface area (Å²) in [7, 11) is 0. The molecule has 1 amide bonds. The fraction of sp³-hybridized carbons (Fsp3) is 0.533. The molecule has 0 saturated carbocycles. The van der Waals surface area contributed by atoms with Crippen LogP contribution < -0.4 is 5.32 Å². The second-order valence-corrected chi connectivity index (χ2v) is 5.39. The van der Waals surface area contributed by atoms with E-state index in [0.717, 1.165) is 25.9 Å². The van der Waals surface area contributed by atoms with Crippen LogP contribution >= 0.6 is 0 Å². The van der Waals surface area contributed by atoms with E-state index in [2.05, 4.69) is 22.3 Å². The van der Waals surface area contributed by atoms with Crippen molar-refractivity contribution in [2.24, 2.45) is 0 Å². The summed E-state index contributed by atoms with van der Waals surface area (Å²) in [5, 5.41) is 3.12. The molecule has 2 aliphatic heterocycles. The highest BCUT2D eigenvalue weighted by Crippen LogP contribution is 2.38. The molecular formula is C15H20N2O. The molecule has 2 aliphatic rings. The van der Waals surface area contributed by atoms with E-state index in [4.69, 9.17) is 0 Å². The van der Waals surface area contributed by atoms with Crippen LogP contribution in [0.2, 0.25) is 0 Å². The summed E-state index contributed by atoms with van der Waals surface area (Å²) in [5.41, 5.74) is 0.999. The average Bonchev–Trinajstić information content (AvgIpc) is 2.97. The van der Waals surface area contributed by atoms with E-state index >= 15 is 0 Å². The molecule has 18 heavy (non-hydrogen) atoms. The third-order valence-electron chi connectivity index (χ3n) is 4.36. The number of hydrogen-bond acceptors (Lipinski definition) is 2. The Hall–Kier alpha value is -1.35. The van der Waals surface area contributed by atoms with E-state index in [9.17, 15) is 4.79 Å². The van der Waals surface area contributed by atoms with E-state index in [1.807, 2.05) is 18.2 Å². The number of carbonyl (C=O) groups is 1. The lowest BCUT2D eigenvalue weighted by molar-refractivity contribution is -0.130. The summed E-state index contributed by atoms with van der Waals surface area (Å²) in [6.07, 6.45) is 4.40. The molecule has 0 aliphatic carbocycles. The fourth-order valence-electron chi connectivity index (χ4n) is 3.42. The minimum absolute atomic E-state index is 0.172. The van der Waals surface area contributed by atoms with Crippen LogP contribution in [-0.4, -0.2) is 29.4 Å². The van der Waals surface area contributed by atoms with Crippen LogP contribution in [0.3, 0.4) is 0 Å². The Morgan fingerprint density at radius 2 is 1.83 bits per heavy atom. The first-order valence-corrected chi connectivity index (χ1v) is 6.89. The maximum absolute atomic E-state index is 12.5. The number of carbonyl (C=O) groups excluding carboxylic acids is 1. The van der Waals surface area contributed by atoms with E-state index in [1.54, 1.807) is 0 Å². The molecule has 0 bridgehead atoms. The van der Waals surface area contributed by atoms with Gasteiger partial charge in [0.2, 0.25) is 5.91 Å². The molecule has 2 saturated heterocycles. The van der Waals surface area contributed by atoms with Crippen LogP contribution in [0.5, 0.6) is 0 Å². The monoisotopic (exact) mass is 244 g/mol. The van der Waals surface area contributed by atoms with Crippen LogP contribution in [0.15, 0.2) is 30.3 Å². The second kappa shape index (κ2) is 4.73. The minimum atomic E-state index is -0.172. The number of nitrogens with one attached hydrogen (secondary N) is 1. The zero-order valence-corrected chi connectivity index (χ0v) is 10.7. The average molecular weight is 244 g/mol. The Bertz CT molecular complexity index is 419. The van der Waals surface area contributed by atoms with Crippen LogP contribution in [-0.2, 0) is 11.3 Å². The molecule has 1 aromatic carbocycles. The Balaban J connectivity index is 1.65. The molecule has 3 nitrogen and oxygen atoms in total. The Labute approximate surface area is 108 Å². The largest absolute Gasteiger partial charge is 0.350 e. The second-order valence-electron chi connectivity index (χ2n) is 5.39. The van der Waals surface area contributed by atoms with Crippen molar-refractivity contribution in [3.63, 3.8) is 0 Å². The van der Waals surface area contributed by atoms with Crippen molar-refractivity contribution in [3.8, 4) is 0 Å². The van der Waals surface area contributed by atoms with E-state index < -0.39 is 0 Å². The molecule has 3 heteroatoms. The first-order chi connectivity index (χ1) is 8.81. The molecule has 0 spiro atoms. The molecular weight excluding hydrogens is 224 g/mol. The van der Waals surface area contributed by atoms with Gasteiger partial charge in [0, 0.05) is 6.54 Å². The smallest absolute Gasteiger partial charge is 0.240 e. The van der Waals surface area contributed by atoms with E-state index in [0.29, 0.717) is 6.54 Å². The minimum Gasteiger partial charge on any atom is -0.350 e. The molecule has 2 fully saturated rings. The van der Waals surface area contributed by atoms with E-state index in [1.165, 1.54) is 18.4 Å². The molecule has 1 N–H and O–H groups in total. The normalized spacial score (nSPS) is 21.8. The van der Waals surface area contributed by atoms with Gasteiger partial charge in [-0.2, -0.15) is 0 Å². The van der Waals surface area contributed by atoms with Gasteiger partial charge in [0.15, 0.2) is 0 Å². The number of rotatable bonds is 3. The highest BCUT2D eigenvalue weighted by atomic mass is 16.2. The predicted octanol–water partition coefficient (Wildman–Crippen LogP) is 1.93. The topological polar surface area (TPSA) is 32.3 Å². The summed E-state index contributed by atoms with van der Waals surface area (Å²) in [4.78, 5) is 14.9. The van der Waals surface area contributed by atoms with Gasteiger partial charge >= 0.3 is 0 Å². The summed E-state index contributed by atoms with van der Waals surface area (Å²) in [6.45, 7) is 2.84. The van der Waals surface area contributed by atoms with Gasteiger partial charge in [-0.15, -0.1) is 0 Å². The first kappa shape index (κ1) is 11.7. The van der Waals surface area contributed by atoms with Gasteiger partial charge in [-0.05, 0) is 44.3 Å². The Morgan fingerprint density at radius 3 is 2.50 bits per heavy atom. The van der Waals surface area contributed by atoms with Gasteiger partial charge in [-0.25, -0.2) is 0 Å². The molecule has 3 rings (SSSR count). The van der Waals surface area contributed by atoms with Gasteiger partial charge in [-0.1, -0.05) is 30.3 Å². The zero-order chi connectivity index (χ0) is 12.4. The summed E-state index contributed by atoms with van der Waals surface area (Å²) < 4.78 is 0. The summed E-state index contributed by atoms with van der Waals surface area (Å²) in [6, 6.07) is 10.1. The first-order valence-electron chi connectivity index (χ1n) is 6.89. The number of nitrogens with zero attached hydrogens (tertiary/aromatic N) is 1. The van der Waals surface area contributed by atoms with Crippen molar-refractivity contribution in [2.75, 3.05) is 13.1 Å². The van der Waals surface area contributed by atoms with Crippen molar-refractivity contribution in [1.29, 1.82) is 0 Å². The van der Waals surface area contributed by atoms with Gasteiger partial charge in [0.1, 0.15) is 5.54 Å². The highest BCUT2D eigenvalue weighted by molar-refractivity contribution is 5.87. The van der Waals surface area contributed by atoms with Gasteiger partial charge in [0.05, 0.1) is 0 Å². The molecule has 0 unspecified atom stereocenters. The molecule has 0 aromatic heterocycles. The van der Waals surface area contributed by atoms with Gasteiger partial charge < -0.3 is 5.32 Å². The maximum atomic E-state index is 12.5. The molecule has 1 aromatic rings. The number of amides is 1. The standard InChI is InChI=1S/C15H20N2O/c18-14(16-12-13-6-2-1-3-7-13)15-8-4-10-17(15)11-5-9-15/h1-3,6-7H,4-5,8-12H2,(H,16,18). The SMILES string of the molecule is O=C(NCc1ccccc1)C12CCCN1CCC2. The van der Waals surface area contributed by atoms with Gasteiger partial charge in [-0.3, -0.25) is 9.69 Å². The predicted molar refractivity (Wildman–Crippen MR) is 71.1 cm³/mol. The van der Waals surface area contributed by atoms with Crippen molar-refractivity contribution in [1.82, 2.24) is 10.2 Å². The summed E-state index contributed by atoms with van der Waals surface area (Å²) in [5.74, 6) is 0.237.